The lowest BCUT2D eigenvalue weighted by Gasteiger charge is -2.46. The predicted octanol–water partition coefficient (Wildman–Crippen LogP) is 2.00. The molecule has 0 aromatic heterocycles. The van der Waals surface area contributed by atoms with Crippen molar-refractivity contribution in [1.29, 1.82) is 0 Å². The van der Waals surface area contributed by atoms with E-state index < -0.39 is 39.7 Å². The van der Waals surface area contributed by atoms with Crippen LogP contribution in [0.4, 0.5) is 10.5 Å². The molecule has 1 aromatic rings. The first kappa shape index (κ1) is 23.8. The molecule has 1 unspecified atom stereocenters. The normalized spacial score (nSPS) is 21.1. The van der Waals surface area contributed by atoms with E-state index in [2.05, 4.69) is 6.58 Å². The molecule has 1 saturated heterocycles. The molecular formula is C19H27N3O7S. The van der Waals surface area contributed by atoms with E-state index in [1.54, 1.807) is 0 Å². The largest absolute Gasteiger partial charge is 0.445 e. The first-order chi connectivity index (χ1) is 14.2. The summed E-state index contributed by atoms with van der Waals surface area (Å²) < 4.78 is 32.8. The lowest BCUT2D eigenvalue weighted by molar-refractivity contribution is -0.384. The number of ether oxygens (including phenoxy) is 1. The van der Waals surface area contributed by atoms with Gasteiger partial charge >= 0.3 is 6.09 Å². The van der Waals surface area contributed by atoms with Crippen molar-refractivity contribution in [2.75, 3.05) is 26.3 Å². The second kappa shape index (κ2) is 10.0. The zero-order valence-electron chi connectivity index (χ0n) is 17.0. The summed E-state index contributed by atoms with van der Waals surface area (Å²) in [4.78, 5) is 24.1. The Hall–Kier alpha value is -2.50. The molecule has 1 aromatic carbocycles. The Morgan fingerprint density at radius 3 is 2.53 bits per heavy atom. The molecule has 1 fully saturated rings. The molecule has 0 saturated carbocycles. The maximum absolute atomic E-state index is 13.2. The summed E-state index contributed by atoms with van der Waals surface area (Å²) in [7, 11) is -4.05. The van der Waals surface area contributed by atoms with Crippen molar-refractivity contribution in [2.45, 2.75) is 37.2 Å². The average molecular weight is 442 g/mol. The fraction of sp³-hybridized carbons (Fsp3) is 0.526. The van der Waals surface area contributed by atoms with Crippen LogP contribution in [0, 0.1) is 16.0 Å². The van der Waals surface area contributed by atoms with E-state index in [1.807, 2.05) is 13.8 Å². The molecular weight excluding hydrogens is 414 g/mol. The number of aliphatic hydroxyl groups is 1. The maximum Gasteiger partial charge on any atom is 0.410 e. The van der Waals surface area contributed by atoms with Gasteiger partial charge < -0.3 is 14.7 Å². The smallest absolute Gasteiger partial charge is 0.410 e. The number of nitro benzene ring substituents is 1. The Balaban J connectivity index is 2.38. The number of aliphatic hydroxyl groups excluding tert-OH is 1. The highest BCUT2D eigenvalue weighted by atomic mass is 32.2. The summed E-state index contributed by atoms with van der Waals surface area (Å²) in [5.41, 5.74) is -0.222. The van der Waals surface area contributed by atoms with E-state index in [0.29, 0.717) is 6.42 Å². The Morgan fingerprint density at radius 1 is 1.40 bits per heavy atom. The number of benzene rings is 1. The summed E-state index contributed by atoms with van der Waals surface area (Å²) in [6, 6.07) is 3.26. The van der Waals surface area contributed by atoms with E-state index in [0.717, 1.165) is 12.1 Å². The molecule has 1 amide bonds. The molecule has 10 nitrogen and oxygen atoms in total. The molecule has 166 valence electrons. The van der Waals surface area contributed by atoms with Crippen LogP contribution in [0.3, 0.4) is 0 Å². The zero-order valence-corrected chi connectivity index (χ0v) is 17.8. The summed E-state index contributed by atoms with van der Waals surface area (Å²) in [6.45, 7) is 6.83. The van der Waals surface area contributed by atoms with Crippen molar-refractivity contribution in [3.63, 3.8) is 0 Å². The van der Waals surface area contributed by atoms with Gasteiger partial charge in [-0.15, -0.1) is 0 Å². The standard InChI is InChI=1S/C19H27N3O7S/c1-4-10-29-19(24)20-11-16(13-23)21(12-18(20)14(3)5-2)30(27,28)17-8-6-15(7-9-17)22(25)26/h4,6-9,14,16,18,23H,1,5,10-13H2,2-3H3/t14?,16-,18+/m0/s1. The summed E-state index contributed by atoms with van der Waals surface area (Å²) in [5, 5.41) is 20.7. The fourth-order valence-corrected chi connectivity index (χ4v) is 5.01. The first-order valence-electron chi connectivity index (χ1n) is 9.58. The van der Waals surface area contributed by atoms with Gasteiger partial charge in [-0.25, -0.2) is 13.2 Å². The number of hydrogen-bond acceptors (Lipinski definition) is 7. The van der Waals surface area contributed by atoms with Gasteiger partial charge in [-0.2, -0.15) is 4.31 Å². The van der Waals surface area contributed by atoms with Gasteiger partial charge in [-0.3, -0.25) is 10.1 Å². The number of rotatable bonds is 8. The minimum atomic E-state index is -4.05. The average Bonchev–Trinajstić information content (AvgIpc) is 2.75. The minimum absolute atomic E-state index is 0.0250. The Bertz CT molecular complexity index is 873. The number of amides is 1. The number of piperazine rings is 1. The number of carbonyl (C=O) groups is 1. The molecule has 0 radical (unpaired) electrons. The van der Waals surface area contributed by atoms with Crippen LogP contribution in [0.25, 0.3) is 0 Å². The van der Waals surface area contributed by atoms with Gasteiger partial charge in [0.05, 0.1) is 28.5 Å². The summed E-state index contributed by atoms with van der Waals surface area (Å²) >= 11 is 0. The number of hydrogen-bond donors (Lipinski definition) is 1. The lowest BCUT2D eigenvalue weighted by atomic mass is 9.95. The van der Waals surface area contributed by atoms with E-state index in [-0.39, 0.29) is 36.2 Å². The fourth-order valence-electron chi connectivity index (χ4n) is 3.39. The number of non-ortho nitro benzene ring substituents is 1. The van der Waals surface area contributed by atoms with Gasteiger partial charge in [0.2, 0.25) is 10.0 Å². The van der Waals surface area contributed by atoms with Gasteiger partial charge in [0.15, 0.2) is 0 Å². The van der Waals surface area contributed by atoms with Gasteiger partial charge in [-0.1, -0.05) is 32.9 Å². The number of sulfonamides is 1. The van der Waals surface area contributed by atoms with Crippen molar-refractivity contribution >= 4 is 21.8 Å². The van der Waals surface area contributed by atoms with Crippen LogP contribution >= 0.6 is 0 Å². The van der Waals surface area contributed by atoms with Crippen LogP contribution in [0.2, 0.25) is 0 Å². The molecule has 0 bridgehead atoms. The van der Waals surface area contributed by atoms with Crippen LogP contribution in [0.15, 0.2) is 41.8 Å². The van der Waals surface area contributed by atoms with E-state index >= 15 is 0 Å². The van der Waals surface area contributed by atoms with Gasteiger partial charge in [-0.05, 0) is 18.1 Å². The molecule has 1 heterocycles. The van der Waals surface area contributed by atoms with Gasteiger partial charge in [0.25, 0.3) is 5.69 Å². The highest BCUT2D eigenvalue weighted by molar-refractivity contribution is 7.89. The van der Waals surface area contributed by atoms with E-state index in [4.69, 9.17) is 4.74 Å². The second-order valence-electron chi connectivity index (χ2n) is 7.13. The lowest BCUT2D eigenvalue weighted by Crippen LogP contribution is -2.63. The van der Waals surface area contributed by atoms with Crippen molar-refractivity contribution in [1.82, 2.24) is 9.21 Å². The Labute approximate surface area is 175 Å². The maximum atomic E-state index is 13.2. The molecule has 0 spiro atoms. The van der Waals surface area contributed by atoms with Crippen LogP contribution in [-0.4, -0.2) is 72.1 Å². The van der Waals surface area contributed by atoms with Gasteiger partial charge in [0, 0.05) is 25.2 Å². The van der Waals surface area contributed by atoms with E-state index in [9.17, 15) is 28.4 Å². The van der Waals surface area contributed by atoms with Crippen LogP contribution in [-0.2, 0) is 14.8 Å². The third-order valence-electron chi connectivity index (χ3n) is 5.31. The Morgan fingerprint density at radius 2 is 2.03 bits per heavy atom. The predicted molar refractivity (Wildman–Crippen MR) is 109 cm³/mol. The van der Waals surface area contributed by atoms with Crippen molar-refractivity contribution in [2.24, 2.45) is 5.92 Å². The molecule has 0 aliphatic carbocycles. The molecule has 1 aliphatic rings. The quantitative estimate of drug-likeness (QED) is 0.371. The van der Waals surface area contributed by atoms with Crippen LogP contribution < -0.4 is 0 Å². The van der Waals surface area contributed by atoms with Crippen molar-refractivity contribution in [3.05, 3.63) is 47.0 Å². The third kappa shape index (κ3) is 4.97. The Kier molecular flexibility index (Phi) is 7.93. The highest BCUT2D eigenvalue weighted by Gasteiger charge is 2.44. The first-order valence-corrected chi connectivity index (χ1v) is 11.0. The van der Waals surface area contributed by atoms with Crippen molar-refractivity contribution in [3.8, 4) is 0 Å². The topological polar surface area (TPSA) is 130 Å². The number of carbonyl (C=O) groups excluding carboxylic acids is 1. The molecule has 2 rings (SSSR count). The molecule has 30 heavy (non-hydrogen) atoms. The highest BCUT2D eigenvalue weighted by Crippen LogP contribution is 2.29. The van der Waals surface area contributed by atoms with Crippen LogP contribution in [0.5, 0.6) is 0 Å². The van der Waals surface area contributed by atoms with Crippen LogP contribution in [0.1, 0.15) is 20.3 Å². The third-order valence-corrected chi connectivity index (χ3v) is 7.24. The number of nitro groups is 1. The summed E-state index contributed by atoms with van der Waals surface area (Å²) in [5.74, 6) is -0.0320. The second-order valence-corrected chi connectivity index (χ2v) is 9.02. The molecule has 1 aliphatic heterocycles. The van der Waals surface area contributed by atoms with E-state index in [1.165, 1.54) is 27.4 Å². The number of nitrogens with zero attached hydrogens (tertiary/aromatic N) is 3. The SMILES string of the molecule is C=CCOC(=O)N1C[C@@H](CO)N(S(=O)(=O)c2ccc([N+](=O)[O-])cc2)C[C@@H]1C(C)CC. The molecule has 11 heteroatoms. The van der Waals surface area contributed by atoms with Gasteiger partial charge in [0.1, 0.15) is 6.61 Å². The molecule has 1 N–H and O–H groups in total. The minimum Gasteiger partial charge on any atom is -0.445 e. The summed E-state index contributed by atoms with van der Waals surface area (Å²) in [6.07, 6.45) is 1.55. The van der Waals surface area contributed by atoms with Crippen molar-refractivity contribution < 1.29 is 28.0 Å². The molecule has 3 atom stereocenters. The zero-order chi connectivity index (χ0) is 22.5. The monoisotopic (exact) mass is 441 g/mol.